The van der Waals surface area contributed by atoms with Crippen LogP contribution in [0.2, 0.25) is 0 Å². The van der Waals surface area contributed by atoms with Crippen LogP contribution in [0, 0.1) is 6.92 Å². The van der Waals surface area contributed by atoms with E-state index in [0.717, 1.165) is 20.5 Å². The number of aryl methyl sites for hydroxylation is 1. The zero-order chi connectivity index (χ0) is 17.2. The summed E-state index contributed by atoms with van der Waals surface area (Å²) in [5, 5.41) is 4.93. The van der Waals surface area contributed by atoms with Gasteiger partial charge in [0.15, 0.2) is 12.4 Å². The van der Waals surface area contributed by atoms with E-state index in [1.807, 2.05) is 0 Å². The zero-order valence-electron chi connectivity index (χ0n) is 14.2. The van der Waals surface area contributed by atoms with Crippen LogP contribution < -0.4 is 2.70 Å². The highest BCUT2D eigenvalue weighted by Gasteiger charge is 2.34. The molecule has 4 heteroatoms. The van der Waals surface area contributed by atoms with Crippen molar-refractivity contribution in [2.24, 2.45) is 0 Å². The van der Waals surface area contributed by atoms with Crippen molar-refractivity contribution >= 4 is 61.3 Å². The number of benzene rings is 3. The highest BCUT2D eigenvalue weighted by atomic mass is 127. The average Bonchev–Trinajstić information content (AvgIpc) is 3.16. The maximum atomic E-state index is 6.31. The van der Waals surface area contributed by atoms with Gasteiger partial charge in [-0.15, -0.1) is 0 Å². The lowest BCUT2D eigenvalue weighted by Gasteiger charge is -2.24. The molecule has 5 rings (SSSR count). The van der Waals surface area contributed by atoms with Crippen molar-refractivity contribution in [2.45, 2.75) is 6.92 Å². The van der Waals surface area contributed by atoms with Crippen LogP contribution in [0.4, 0.5) is 5.69 Å². The fourth-order valence-corrected chi connectivity index (χ4v) is 5.08. The molecule has 1 aromatic heterocycles. The maximum absolute atomic E-state index is 6.31. The summed E-state index contributed by atoms with van der Waals surface area (Å²) in [5.41, 5.74) is 4.45. The Morgan fingerprint density at radius 2 is 1.88 bits per heavy atom. The third-order valence-corrected chi connectivity index (χ3v) is 6.28. The van der Waals surface area contributed by atoms with E-state index in [0.29, 0.717) is 0 Å². The largest absolute Gasteiger partial charge is 0.456 e. The van der Waals surface area contributed by atoms with Crippen molar-refractivity contribution in [3.63, 3.8) is 0 Å². The molecule has 3 nitrogen and oxygen atoms in total. The summed E-state index contributed by atoms with van der Waals surface area (Å²) < 4.78 is 7.06. The number of hydrogen-bond acceptors (Lipinski definition) is 2. The van der Waals surface area contributed by atoms with Gasteiger partial charge in [-0.25, -0.2) is 0 Å². The molecule has 3 aromatic carbocycles. The normalized spacial score (nSPS) is 20.4. The van der Waals surface area contributed by atoms with Crippen LogP contribution in [-0.2, 0) is 0 Å². The van der Waals surface area contributed by atoms with Crippen LogP contribution in [-0.4, -0.2) is 18.6 Å². The van der Waals surface area contributed by atoms with Gasteiger partial charge >= 0.3 is 0 Å². The summed E-state index contributed by atoms with van der Waals surface area (Å²) >= 11 is 2.50. The van der Waals surface area contributed by atoms with E-state index in [4.69, 9.17) is 4.42 Å². The minimum atomic E-state index is 0.744. The van der Waals surface area contributed by atoms with Crippen molar-refractivity contribution in [1.82, 2.24) is 7.60 Å². The minimum Gasteiger partial charge on any atom is -0.456 e. The number of furan rings is 1. The second-order valence-electron chi connectivity index (χ2n) is 6.82. The number of quaternary nitrogens is 1. The molecule has 1 atom stereocenters. The van der Waals surface area contributed by atoms with E-state index in [2.05, 4.69) is 103 Å². The molecule has 0 radical (unpaired) electrons. The fraction of sp³-hybridized carbons (Fsp3) is 0.143. The maximum Gasteiger partial charge on any atom is 0.261 e. The smallest absolute Gasteiger partial charge is 0.261 e. The molecule has 0 saturated heterocycles. The summed E-state index contributed by atoms with van der Waals surface area (Å²) in [6, 6.07) is 17.2. The monoisotopic (exact) mass is 441 g/mol. The quantitative estimate of drug-likeness (QED) is 0.263. The summed E-state index contributed by atoms with van der Waals surface area (Å²) in [4.78, 5) is 2.21. The van der Waals surface area contributed by atoms with E-state index in [1.54, 1.807) is 0 Å². The van der Waals surface area contributed by atoms with Gasteiger partial charge in [-0.2, -0.15) is 2.70 Å². The Morgan fingerprint density at radius 1 is 1.04 bits per heavy atom. The summed E-state index contributed by atoms with van der Waals surface area (Å²) in [5.74, 6) is 0. The lowest BCUT2D eigenvalue weighted by Crippen LogP contribution is -2.34. The predicted octanol–water partition coefficient (Wildman–Crippen LogP) is 6.08. The molecule has 0 bridgehead atoms. The summed E-state index contributed by atoms with van der Waals surface area (Å²) in [6.45, 7) is 3.10. The molecule has 0 fully saturated rings. The first-order valence-electron chi connectivity index (χ1n) is 8.38. The topological polar surface area (TPSA) is 16.4 Å². The first-order valence-corrected chi connectivity index (χ1v) is 9.34. The molecule has 1 aliphatic heterocycles. The Balaban J connectivity index is 1.84. The average molecular weight is 441 g/mol. The molecule has 0 aliphatic carbocycles. The number of nitrogens with zero attached hydrogens (tertiary/aromatic N) is 2. The highest BCUT2D eigenvalue weighted by molar-refractivity contribution is 14.1. The van der Waals surface area contributed by atoms with Crippen LogP contribution in [0.5, 0.6) is 0 Å². The number of fused-ring (bicyclic) bond motifs is 5. The van der Waals surface area contributed by atoms with Crippen molar-refractivity contribution in [3.8, 4) is 0 Å². The Bertz CT molecular complexity index is 1180. The molecule has 4 aromatic rings. The van der Waals surface area contributed by atoms with Crippen molar-refractivity contribution in [3.05, 3.63) is 66.5 Å². The van der Waals surface area contributed by atoms with Crippen LogP contribution in [0.15, 0.2) is 65.3 Å². The van der Waals surface area contributed by atoms with Gasteiger partial charge in [0, 0.05) is 23.9 Å². The van der Waals surface area contributed by atoms with Gasteiger partial charge in [0.2, 0.25) is 0 Å². The molecular formula is C21H18IN2O+. The summed E-state index contributed by atoms with van der Waals surface area (Å²) in [7, 11) is 2.11. The van der Waals surface area contributed by atoms with Crippen LogP contribution in [0.3, 0.4) is 0 Å². The van der Waals surface area contributed by atoms with Crippen molar-refractivity contribution in [1.29, 1.82) is 0 Å². The van der Waals surface area contributed by atoms with Gasteiger partial charge in [0.25, 0.3) is 22.9 Å². The second kappa shape index (κ2) is 5.22. The molecule has 1 aliphatic rings. The van der Waals surface area contributed by atoms with Crippen LogP contribution >= 0.6 is 22.9 Å². The molecule has 0 N–H and O–H groups in total. The lowest BCUT2D eigenvalue weighted by molar-refractivity contribution is 0.419. The summed E-state index contributed by atoms with van der Waals surface area (Å²) in [6.07, 6.45) is 4.37. The molecule has 2 heterocycles. The van der Waals surface area contributed by atoms with Gasteiger partial charge in [-0.1, -0.05) is 30.3 Å². The van der Waals surface area contributed by atoms with Gasteiger partial charge in [-0.05, 0) is 29.8 Å². The third-order valence-electron chi connectivity index (χ3n) is 5.14. The van der Waals surface area contributed by atoms with E-state index in [9.17, 15) is 0 Å². The van der Waals surface area contributed by atoms with E-state index in [-0.39, 0.29) is 0 Å². The molecule has 0 amide bonds. The molecule has 124 valence electrons. The Kier molecular flexibility index (Phi) is 3.18. The van der Waals surface area contributed by atoms with Gasteiger partial charge in [0.1, 0.15) is 17.4 Å². The molecule has 1 unspecified atom stereocenters. The molecular weight excluding hydrogens is 423 g/mol. The Morgan fingerprint density at radius 3 is 2.68 bits per heavy atom. The van der Waals surface area contributed by atoms with Gasteiger partial charge in [0.05, 0.1) is 11.8 Å². The van der Waals surface area contributed by atoms with Gasteiger partial charge < -0.3 is 9.32 Å². The Labute approximate surface area is 160 Å². The number of rotatable bonds is 1. The van der Waals surface area contributed by atoms with E-state index >= 15 is 0 Å². The Hall–Kier alpha value is -2.05. The molecule has 0 spiro atoms. The van der Waals surface area contributed by atoms with E-state index < -0.39 is 0 Å². The van der Waals surface area contributed by atoms with Gasteiger partial charge in [-0.3, -0.25) is 0 Å². The van der Waals surface area contributed by atoms with E-state index in [1.165, 1.54) is 32.8 Å². The lowest BCUT2D eigenvalue weighted by atomic mass is 10.0. The van der Waals surface area contributed by atoms with Crippen LogP contribution in [0.25, 0.3) is 32.7 Å². The standard InChI is InChI=1S/C21H18IN2O/c1-14-18(24(22)12-11-23(2)13-24)9-8-17-20-16-6-4-3-5-15(16)7-10-19(20)25-21(14)17/h3-12H,13H2,1-2H3/q+1. The number of hydrogen-bond donors (Lipinski definition) is 0. The molecule has 25 heavy (non-hydrogen) atoms. The molecule has 0 saturated carbocycles. The van der Waals surface area contributed by atoms with Crippen LogP contribution in [0.1, 0.15) is 5.56 Å². The second-order valence-corrected chi connectivity index (χ2v) is 8.54. The first kappa shape index (κ1) is 15.2. The zero-order valence-corrected chi connectivity index (χ0v) is 16.3. The van der Waals surface area contributed by atoms with Crippen molar-refractivity contribution < 1.29 is 4.42 Å². The first-order chi connectivity index (χ1) is 12.1. The third kappa shape index (κ3) is 2.14. The number of halogens is 1. The highest BCUT2D eigenvalue weighted by Crippen LogP contribution is 2.42. The van der Waals surface area contributed by atoms with Crippen molar-refractivity contribution in [2.75, 3.05) is 13.7 Å². The fourth-order valence-electron chi connectivity index (χ4n) is 3.93. The SMILES string of the molecule is Cc1c([N+]2(I)C=CN(C)C2)ccc2c1oc1ccc3ccccc3c12. The predicted molar refractivity (Wildman–Crippen MR) is 114 cm³/mol. The minimum absolute atomic E-state index is 0.744.